The molecule has 36 heavy (non-hydrogen) atoms. The number of hydrogen-bond donors (Lipinski definition) is 2. The summed E-state index contributed by atoms with van der Waals surface area (Å²) in [6.07, 6.45) is 3.73. The predicted molar refractivity (Wildman–Crippen MR) is 141 cm³/mol. The Kier molecular flexibility index (Phi) is 7.73. The lowest BCUT2D eigenvalue weighted by Crippen LogP contribution is -2.52. The number of ether oxygens (including phenoxy) is 3. The predicted octanol–water partition coefficient (Wildman–Crippen LogP) is 5.30. The van der Waals surface area contributed by atoms with Gasteiger partial charge in [-0.05, 0) is 30.0 Å². The number of carbonyl (C=O) groups excluding carboxylic acids is 1. The highest BCUT2D eigenvalue weighted by molar-refractivity contribution is 7.19. The molecule has 2 atom stereocenters. The standard InChI is InChI=1S/C26H29ClFN3O4S/c1-6-22(32)31-15-7-8-35-13-16(15)30-21-10-14-9-20(36-19(14)12-29-21)26(2,3)23-24(27)17(33-4)11-18(34-5)25(23)28/h6,9-12,15-16H,1,7-8,13H2,2-5H3,(H,29,30)(H,31,32). The van der Waals surface area contributed by atoms with Crippen molar-refractivity contribution in [3.8, 4) is 11.5 Å². The van der Waals surface area contributed by atoms with Crippen LogP contribution in [0.2, 0.25) is 5.02 Å². The molecule has 3 aromatic rings. The van der Waals surface area contributed by atoms with Gasteiger partial charge in [0.1, 0.15) is 11.6 Å². The van der Waals surface area contributed by atoms with Crippen molar-refractivity contribution in [2.24, 2.45) is 0 Å². The molecule has 1 aromatic carbocycles. The Morgan fingerprint density at radius 2 is 2.03 bits per heavy atom. The van der Waals surface area contributed by atoms with Crippen LogP contribution in [0.15, 0.2) is 37.1 Å². The molecule has 2 unspecified atom stereocenters. The number of thiophene rings is 1. The average molecular weight is 534 g/mol. The number of anilines is 1. The first-order valence-electron chi connectivity index (χ1n) is 11.5. The summed E-state index contributed by atoms with van der Waals surface area (Å²) >= 11 is 8.10. The Balaban J connectivity index is 1.66. The molecule has 1 saturated heterocycles. The maximum absolute atomic E-state index is 15.4. The third-order valence-electron chi connectivity index (χ3n) is 6.42. The van der Waals surface area contributed by atoms with E-state index < -0.39 is 11.2 Å². The highest BCUT2D eigenvalue weighted by Gasteiger charge is 2.34. The summed E-state index contributed by atoms with van der Waals surface area (Å²) in [5.41, 5.74) is -0.476. The fourth-order valence-corrected chi connectivity index (χ4v) is 5.95. The second kappa shape index (κ2) is 10.6. The zero-order valence-corrected chi connectivity index (χ0v) is 22.2. The monoisotopic (exact) mass is 533 g/mol. The Morgan fingerprint density at radius 1 is 1.28 bits per heavy atom. The summed E-state index contributed by atoms with van der Waals surface area (Å²) in [6, 6.07) is 5.16. The molecule has 1 aliphatic rings. The summed E-state index contributed by atoms with van der Waals surface area (Å²) in [4.78, 5) is 17.3. The van der Waals surface area contributed by atoms with Crippen molar-refractivity contribution < 1.29 is 23.4 Å². The van der Waals surface area contributed by atoms with Crippen molar-refractivity contribution in [3.05, 3.63) is 58.3 Å². The van der Waals surface area contributed by atoms with Crippen LogP contribution in [0.5, 0.6) is 11.5 Å². The molecule has 0 spiro atoms. The summed E-state index contributed by atoms with van der Waals surface area (Å²) in [6.45, 7) is 8.37. The maximum atomic E-state index is 15.4. The average Bonchev–Trinajstić information content (AvgIpc) is 3.30. The van der Waals surface area contributed by atoms with Gasteiger partial charge in [0, 0.05) is 34.7 Å². The minimum Gasteiger partial charge on any atom is -0.495 e. The van der Waals surface area contributed by atoms with Crippen LogP contribution in [0.3, 0.4) is 0 Å². The van der Waals surface area contributed by atoms with Crippen molar-refractivity contribution in [1.29, 1.82) is 0 Å². The number of hydrogen-bond acceptors (Lipinski definition) is 7. The minimum absolute atomic E-state index is 0.0707. The number of aromatic nitrogens is 1. The number of halogens is 2. The van der Waals surface area contributed by atoms with E-state index in [0.717, 1.165) is 15.0 Å². The molecule has 3 heterocycles. The second-order valence-corrected chi connectivity index (χ2v) is 10.5. The number of rotatable bonds is 8. The van der Waals surface area contributed by atoms with E-state index in [4.69, 9.17) is 25.8 Å². The van der Waals surface area contributed by atoms with Crippen LogP contribution in [0.25, 0.3) is 10.1 Å². The first kappa shape index (κ1) is 26.2. The molecule has 0 radical (unpaired) electrons. The third-order valence-corrected chi connectivity index (χ3v) is 8.21. The van der Waals surface area contributed by atoms with Crippen LogP contribution in [-0.2, 0) is 14.9 Å². The van der Waals surface area contributed by atoms with E-state index in [1.807, 2.05) is 26.0 Å². The van der Waals surface area contributed by atoms with Crippen LogP contribution in [0, 0.1) is 5.82 Å². The number of fused-ring (bicyclic) bond motifs is 1. The molecule has 1 amide bonds. The van der Waals surface area contributed by atoms with E-state index >= 15 is 4.39 Å². The van der Waals surface area contributed by atoms with Gasteiger partial charge in [-0.1, -0.05) is 32.0 Å². The lowest BCUT2D eigenvalue weighted by atomic mass is 9.82. The number of nitrogens with one attached hydrogen (secondary N) is 2. The number of methoxy groups -OCH3 is 2. The lowest BCUT2D eigenvalue weighted by molar-refractivity contribution is -0.117. The fraction of sp³-hybridized carbons (Fsp3) is 0.385. The van der Waals surface area contributed by atoms with Gasteiger partial charge in [0.25, 0.3) is 0 Å². The Hall–Kier alpha value is -2.88. The Morgan fingerprint density at radius 3 is 2.72 bits per heavy atom. The number of amides is 1. The molecule has 1 aliphatic heterocycles. The molecule has 192 valence electrons. The molecule has 7 nitrogen and oxygen atoms in total. The smallest absolute Gasteiger partial charge is 0.243 e. The van der Waals surface area contributed by atoms with E-state index in [9.17, 15) is 4.79 Å². The minimum atomic E-state index is -0.780. The van der Waals surface area contributed by atoms with Gasteiger partial charge in [-0.15, -0.1) is 11.3 Å². The molecule has 0 bridgehead atoms. The van der Waals surface area contributed by atoms with E-state index in [-0.39, 0.29) is 28.8 Å². The van der Waals surface area contributed by atoms with Gasteiger partial charge < -0.3 is 24.8 Å². The molecule has 2 aromatic heterocycles. The fourth-order valence-electron chi connectivity index (χ4n) is 4.37. The van der Waals surface area contributed by atoms with Gasteiger partial charge in [0.2, 0.25) is 5.91 Å². The van der Waals surface area contributed by atoms with Crippen LogP contribution < -0.4 is 20.1 Å². The number of pyridine rings is 1. The van der Waals surface area contributed by atoms with Gasteiger partial charge >= 0.3 is 0 Å². The summed E-state index contributed by atoms with van der Waals surface area (Å²) in [5.74, 6) is 0.338. The highest BCUT2D eigenvalue weighted by atomic mass is 35.5. The number of carbonyl (C=O) groups is 1. The number of nitrogens with zero attached hydrogens (tertiary/aromatic N) is 1. The van der Waals surface area contributed by atoms with E-state index in [1.165, 1.54) is 37.7 Å². The first-order valence-corrected chi connectivity index (χ1v) is 12.7. The summed E-state index contributed by atoms with van der Waals surface area (Å²) in [7, 11) is 2.90. The molecule has 1 fully saturated rings. The Labute approximate surface area is 218 Å². The third kappa shape index (κ3) is 5.00. The van der Waals surface area contributed by atoms with Crippen molar-refractivity contribution in [2.45, 2.75) is 37.8 Å². The number of benzene rings is 1. The topological polar surface area (TPSA) is 81.7 Å². The van der Waals surface area contributed by atoms with Gasteiger partial charge in [-0.3, -0.25) is 4.79 Å². The van der Waals surface area contributed by atoms with Gasteiger partial charge in [-0.2, -0.15) is 0 Å². The van der Waals surface area contributed by atoms with E-state index in [0.29, 0.717) is 36.8 Å². The first-order chi connectivity index (χ1) is 17.2. The zero-order chi connectivity index (χ0) is 26.0. The molecule has 0 aliphatic carbocycles. The zero-order valence-electron chi connectivity index (χ0n) is 20.6. The molecular weight excluding hydrogens is 505 g/mol. The molecule has 0 saturated carbocycles. The summed E-state index contributed by atoms with van der Waals surface area (Å²) < 4.78 is 32.6. The maximum Gasteiger partial charge on any atom is 0.243 e. The lowest BCUT2D eigenvalue weighted by Gasteiger charge is -2.32. The van der Waals surface area contributed by atoms with E-state index in [1.54, 1.807) is 6.20 Å². The SMILES string of the molecule is C=CC(=O)NC1CCOCC1Nc1cc2cc(C(C)(C)c3c(F)c(OC)cc(OC)c3Cl)sc2cn1. The van der Waals surface area contributed by atoms with Crippen molar-refractivity contribution >= 4 is 44.7 Å². The molecule has 2 N–H and O–H groups in total. The summed E-state index contributed by atoms with van der Waals surface area (Å²) in [5, 5.41) is 7.51. The quantitative estimate of drug-likeness (QED) is 0.382. The van der Waals surface area contributed by atoms with Crippen LogP contribution in [0.1, 0.15) is 30.7 Å². The van der Waals surface area contributed by atoms with Crippen LogP contribution in [-0.4, -0.2) is 50.4 Å². The second-order valence-electron chi connectivity index (χ2n) is 9.06. The van der Waals surface area contributed by atoms with Gasteiger partial charge in [0.15, 0.2) is 11.6 Å². The molecule has 10 heteroatoms. The van der Waals surface area contributed by atoms with Crippen LogP contribution >= 0.6 is 22.9 Å². The van der Waals surface area contributed by atoms with Crippen LogP contribution in [0.4, 0.5) is 10.2 Å². The van der Waals surface area contributed by atoms with Crippen molar-refractivity contribution in [3.63, 3.8) is 0 Å². The largest absolute Gasteiger partial charge is 0.495 e. The van der Waals surface area contributed by atoms with Gasteiger partial charge in [-0.25, -0.2) is 9.37 Å². The Bertz CT molecular complexity index is 1270. The van der Waals surface area contributed by atoms with Gasteiger partial charge in [0.05, 0.1) is 42.6 Å². The highest BCUT2D eigenvalue weighted by Crippen LogP contribution is 2.47. The van der Waals surface area contributed by atoms with Crippen molar-refractivity contribution in [2.75, 3.05) is 32.8 Å². The normalized spacial score (nSPS) is 18.1. The molecule has 4 rings (SSSR count). The molecular formula is C26H29ClFN3O4S. The van der Waals surface area contributed by atoms with E-state index in [2.05, 4.69) is 22.2 Å². The van der Waals surface area contributed by atoms with Crippen molar-refractivity contribution in [1.82, 2.24) is 10.3 Å².